The van der Waals surface area contributed by atoms with Crippen molar-refractivity contribution in [3.8, 4) is 0 Å². The van der Waals surface area contributed by atoms with Crippen LogP contribution in [0.5, 0.6) is 0 Å². The highest BCUT2D eigenvalue weighted by Crippen LogP contribution is 2.30. The minimum absolute atomic E-state index is 0.0233. The number of carbonyl (C=O) groups is 1. The molecule has 1 aromatic heterocycles. The van der Waals surface area contributed by atoms with E-state index in [0.29, 0.717) is 17.5 Å². The van der Waals surface area contributed by atoms with Crippen molar-refractivity contribution in [1.29, 1.82) is 0 Å². The van der Waals surface area contributed by atoms with Crippen molar-refractivity contribution in [2.75, 3.05) is 11.4 Å². The van der Waals surface area contributed by atoms with Crippen LogP contribution in [0.3, 0.4) is 0 Å². The van der Waals surface area contributed by atoms with Crippen molar-refractivity contribution >= 4 is 23.4 Å². The number of rotatable bonds is 5. The van der Waals surface area contributed by atoms with Gasteiger partial charge in [-0.2, -0.15) is 4.98 Å². The van der Waals surface area contributed by atoms with Crippen LogP contribution in [-0.4, -0.2) is 27.8 Å². The predicted molar refractivity (Wildman–Crippen MR) is 86.9 cm³/mol. The predicted octanol–water partition coefficient (Wildman–Crippen LogP) is 2.98. The van der Waals surface area contributed by atoms with Crippen molar-refractivity contribution in [3.05, 3.63) is 41.5 Å². The Kier molecular flexibility index (Phi) is 4.47. The number of carbonyl (C=O) groups excluding carboxylic acids is 1. The van der Waals surface area contributed by atoms with E-state index < -0.39 is 0 Å². The maximum Gasteiger partial charge on any atom is 0.240 e. The molecule has 1 aromatic carbocycles. The summed E-state index contributed by atoms with van der Waals surface area (Å²) < 4.78 is 5.09. The number of anilines is 1. The van der Waals surface area contributed by atoms with E-state index in [-0.39, 0.29) is 11.2 Å². The van der Waals surface area contributed by atoms with Gasteiger partial charge in [0.05, 0.1) is 11.0 Å². The fourth-order valence-corrected chi connectivity index (χ4v) is 3.47. The summed E-state index contributed by atoms with van der Waals surface area (Å²) in [6, 6.07) is 8.09. The molecule has 1 aliphatic rings. The van der Waals surface area contributed by atoms with Crippen molar-refractivity contribution in [1.82, 2.24) is 10.1 Å². The number of hydrogen-bond acceptors (Lipinski definition) is 5. The molecule has 3 rings (SSSR count). The Morgan fingerprint density at radius 3 is 2.82 bits per heavy atom. The molecule has 116 valence electrons. The molecule has 1 aliphatic heterocycles. The molecule has 2 heterocycles. The van der Waals surface area contributed by atoms with Crippen molar-refractivity contribution in [3.63, 3.8) is 0 Å². The van der Waals surface area contributed by atoms with Gasteiger partial charge in [0, 0.05) is 18.7 Å². The molecule has 0 N–H and O–H groups in total. The number of thioether (sulfide) groups is 1. The van der Waals surface area contributed by atoms with E-state index in [1.165, 1.54) is 5.56 Å². The molecule has 1 amide bonds. The zero-order chi connectivity index (χ0) is 15.5. The molecular weight excluding hydrogens is 298 g/mol. The SMILES string of the molecule is CCc1nc(CSC2CCN(c3ccc(C)cc3)C2=O)no1. The van der Waals surface area contributed by atoms with Gasteiger partial charge in [-0.1, -0.05) is 29.8 Å². The first kappa shape index (κ1) is 15.1. The van der Waals surface area contributed by atoms with Crippen LogP contribution in [0, 0.1) is 6.92 Å². The summed E-state index contributed by atoms with van der Waals surface area (Å²) in [6.07, 6.45) is 1.59. The fraction of sp³-hybridized carbons (Fsp3) is 0.438. The number of amides is 1. The lowest BCUT2D eigenvalue weighted by Gasteiger charge is -2.16. The lowest BCUT2D eigenvalue weighted by atomic mass is 10.2. The fourth-order valence-electron chi connectivity index (χ4n) is 2.46. The minimum Gasteiger partial charge on any atom is -0.339 e. The van der Waals surface area contributed by atoms with Gasteiger partial charge < -0.3 is 9.42 Å². The Labute approximate surface area is 134 Å². The summed E-state index contributed by atoms with van der Waals surface area (Å²) in [5.41, 5.74) is 2.18. The summed E-state index contributed by atoms with van der Waals surface area (Å²) >= 11 is 1.59. The zero-order valence-corrected chi connectivity index (χ0v) is 13.6. The van der Waals surface area contributed by atoms with Crippen LogP contribution in [-0.2, 0) is 17.0 Å². The van der Waals surface area contributed by atoms with Gasteiger partial charge in [0.1, 0.15) is 0 Å². The van der Waals surface area contributed by atoms with E-state index in [2.05, 4.69) is 10.1 Å². The molecule has 1 fully saturated rings. The summed E-state index contributed by atoms with van der Waals surface area (Å²) in [4.78, 5) is 18.7. The van der Waals surface area contributed by atoms with E-state index in [1.807, 2.05) is 43.0 Å². The normalized spacial score (nSPS) is 18.2. The van der Waals surface area contributed by atoms with E-state index in [4.69, 9.17) is 4.52 Å². The van der Waals surface area contributed by atoms with Gasteiger partial charge in [-0.3, -0.25) is 4.79 Å². The number of aryl methyl sites for hydroxylation is 2. The highest BCUT2D eigenvalue weighted by molar-refractivity contribution is 7.99. The lowest BCUT2D eigenvalue weighted by Crippen LogP contribution is -2.28. The van der Waals surface area contributed by atoms with E-state index in [1.54, 1.807) is 11.8 Å². The Hall–Kier alpha value is -1.82. The van der Waals surface area contributed by atoms with Gasteiger partial charge in [-0.05, 0) is 25.5 Å². The van der Waals surface area contributed by atoms with E-state index in [0.717, 1.165) is 25.1 Å². The van der Waals surface area contributed by atoms with Crippen molar-refractivity contribution in [2.24, 2.45) is 0 Å². The van der Waals surface area contributed by atoms with Crippen LogP contribution in [0.15, 0.2) is 28.8 Å². The first-order valence-corrected chi connectivity index (χ1v) is 8.53. The van der Waals surface area contributed by atoms with E-state index in [9.17, 15) is 4.79 Å². The van der Waals surface area contributed by atoms with Crippen molar-refractivity contribution < 1.29 is 9.32 Å². The first-order chi connectivity index (χ1) is 10.7. The van der Waals surface area contributed by atoms with Crippen LogP contribution in [0.25, 0.3) is 0 Å². The second kappa shape index (κ2) is 6.52. The van der Waals surface area contributed by atoms with Crippen LogP contribution in [0.2, 0.25) is 0 Å². The van der Waals surface area contributed by atoms with Crippen LogP contribution >= 0.6 is 11.8 Å². The molecule has 0 spiro atoms. The van der Waals surface area contributed by atoms with Crippen molar-refractivity contribution in [2.45, 2.75) is 37.7 Å². The molecule has 22 heavy (non-hydrogen) atoms. The molecule has 0 aliphatic carbocycles. The number of benzene rings is 1. The topological polar surface area (TPSA) is 59.2 Å². The monoisotopic (exact) mass is 317 g/mol. The highest BCUT2D eigenvalue weighted by atomic mass is 32.2. The molecule has 0 radical (unpaired) electrons. The van der Waals surface area contributed by atoms with Gasteiger partial charge >= 0.3 is 0 Å². The largest absolute Gasteiger partial charge is 0.339 e. The maximum absolute atomic E-state index is 12.5. The zero-order valence-electron chi connectivity index (χ0n) is 12.8. The van der Waals surface area contributed by atoms with Crippen LogP contribution < -0.4 is 4.90 Å². The third-order valence-electron chi connectivity index (χ3n) is 3.73. The molecule has 0 saturated carbocycles. The molecule has 0 bridgehead atoms. The van der Waals surface area contributed by atoms with Gasteiger partial charge in [0.25, 0.3) is 0 Å². The van der Waals surface area contributed by atoms with E-state index >= 15 is 0 Å². The van der Waals surface area contributed by atoms with Crippen LogP contribution in [0.1, 0.15) is 30.6 Å². The first-order valence-electron chi connectivity index (χ1n) is 7.48. The third-order valence-corrected chi connectivity index (χ3v) is 4.99. The molecule has 1 saturated heterocycles. The highest BCUT2D eigenvalue weighted by Gasteiger charge is 2.33. The average molecular weight is 317 g/mol. The Morgan fingerprint density at radius 1 is 1.36 bits per heavy atom. The third kappa shape index (κ3) is 3.16. The molecule has 2 aromatic rings. The molecular formula is C16H19N3O2S. The summed E-state index contributed by atoms with van der Waals surface area (Å²) in [5.74, 6) is 2.10. The van der Waals surface area contributed by atoms with Gasteiger partial charge in [0.2, 0.25) is 11.8 Å². The number of nitrogens with zero attached hydrogens (tertiary/aromatic N) is 3. The smallest absolute Gasteiger partial charge is 0.240 e. The second-order valence-electron chi connectivity index (χ2n) is 5.37. The lowest BCUT2D eigenvalue weighted by molar-refractivity contribution is -0.116. The second-order valence-corrected chi connectivity index (χ2v) is 6.56. The van der Waals surface area contributed by atoms with Crippen LogP contribution in [0.4, 0.5) is 5.69 Å². The summed E-state index contributed by atoms with van der Waals surface area (Å²) in [5, 5.41) is 3.90. The quantitative estimate of drug-likeness (QED) is 0.848. The standard InChI is InChI=1S/C16H19N3O2S/c1-3-15-17-14(18-21-15)10-22-13-8-9-19(16(13)20)12-6-4-11(2)5-7-12/h4-7,13H,3,8-10H2,1-2H3. The molecule has 1 unspecified atom stereocenters. The summed E-state index contributed by atoms with van der Waals surface area (Å²) in [6.45, 7) is 4.79. The van der Waals surface area contributed by atoms with Gasteiger partial charge in [-0.25, -0.2) is 0 Å². The minimum atomic E-state index is -0.0233. The Bertz CT molecular complexity index is 654. The molecule has 1 atom stereocenters. The number of hydrogen-bond donors (Lipinski definition) is 0. The Morgan fingerprint density at radius 2 is 2.14 bits per heavy atom. The molecule has 5 nitrogen and oxygen atoms in total. The average Bonchev–Trinajstić information content (AvgIpc) is 3.13. The van der Waals surface area contributed by atoms with Gasteiger partial charge in [-0.15, -0.1) is 11.8 Å². The molecule has 6 heteroatoms. The Balaban J connectivity index is 1.60. The summed E-state index contributed by atoms with van der Waals surface area (Å²) in [7, 11) is 0. The number of aromatic nitrogens is 2. The van der Waals surface area contributed by atoms with Gasteiger partial charge in [0.15, 0.2) is 5.82 Å². The maximum atomic E-state index is 12.5.